The van der Waals surface area contributed by atoms with Crippen molar-refractivity contribution < 1.29 is 52.7 Å². The number of nitrogens with zero attached hydrogens (tertiary/aromatic N) is 6. The molecule has 4 heterocycles. The second-order valence-corrected chi connectivity index (χ2v) is 14.4. The quantitative estimate of drug-likeness (QED) is 0.0793. The first-order chi connectivity index (χ1) is 28.7. The van der Waals surface area contributed by atoms with Crippen molar-refractivity contribution in [1.29, 1.82) is 0 Å². The number of aliphatic hydroxyl groups excluding tert-OH is 2. The van der Waals surface area contributed by atoms with Crippen molar-refractivity contribution in [3.8, 4) is 11.5 Å². The van der Waals surface area contributed by atoms with E-state index in [1.54, 1.807) is 66.9 Å². The minimum absolute atomic E-state index is 0.0823. The number of hydrogen-bond donors (Lipinski definition) is 8. The Hall–Kier alpha value is -6.74. The number of imidazole rings is 1. The Bertz CT molecular complexity index is 2250. The fourth-order valence-corrected chi connectivity index (χ4v) is 7.31. The van der Waals surface area contributed by atoms with Crippen LogP contribution in [0.15, 0.2) is 79.3 Å². The molecule has 60 heavy (non-hydrogen) atoms. The molecule has 5 aromatic rings. The van der Waals surface area contributed by atoms with E-state index in [0.29, 0.717) is 31.0 Å². The Labute approximate surface area is 339 Å². The molecule has 8 N–H and O–H groups in total. The molecule has 0 radical (unpaired) electrons. The van der Waals surface area contributed by atoms with E-state index in [4.69, 9.17) is 9.97 Å². The number of rotatable bonds is 13. The molecular weight excluding hydrogens is 793 g/mol. The number of aromatic nitrogens is 5. The Balaban J connectivity index is 1.15. The summed E-state index contributed by atoms with van der Waals surface area (Å²) >= 11 is 0. The minimum atomic E-state index is -5.30. The van der Waals surface area contributed by atoms with Gasteiger partial charge in [0.2, 0.25) is 5.95 Å². The molecule has 7 rings (SSSR count). The van der Waals surface area contributed by atoms with Crippen LogP contribution in [-0.2, 0) is 20.9 Å². The minimum Gasteiger partial charge on any atom is -0.508 e. The average Bonchev–Trinajstić information content (AvgIpc) is 3.95. The Morgan fingerprint density at radius 3 is 2.25 bits per heavy atom. The number of aliphatic hydroxyl groups is 2. The Morgan fingerprint density at radius 2 is 1.60 bits per heavy atom. The third-order valence-corrected chi connectivity index (χ3v) is 10.4. The van der Waals surface area contributed by atoms with Gasteiger partial charge in [0.1, 0.15) is 23.7 Å². The maximum absolute atomic E-state index is 12.8. The van der Waals surface area contributed by atoms with E-state index in [2.05, 4.69) is 36.0 Å². The number of esters is 1. The summed E-state index contributed by atoms with van der Waals surface area (Å²) in [6, 6.07) is 16.0. The van der Waals surface area contributed by atoms with E-state index in [-0.39, 0.29) is 66.1 Å². The maximum Gasteiger partial charge on any atom is 0.490 e. The molecule has 2 aliphatic rings. The number of benzene rings is 2. The van der Waals surface area contributed by atoms with Crippen LogP contribution < -0.4 is 26.2 Å². The second kappa shape index (κ2) is 17.6. The molecule has 3 aromatic heterocycles. The molecule has 1 aliphatic heterocycles. The van der Waals surface area contributed by atoms with Crippen LogP contribution in [0.3, 0.4) is 0 Å². The van der Waals surface area contributed by atoms with Crippen molar-refractivity contribution >= 4 is 40.8 Å². The van der Waals surface area contributed by atoms with Crippen LogP contribution in [0.4, 0.5) is 29.7 Å². The number of carbonyl (C=O) groups is 3. The summed E-state index contributed by atoms with van der Waals surface area (Å²) in [5.41, 5.74) is 2.88. The van der Waals surface area contributed by atoms with Crippen molar-refractivity contribution in [3.05, 3.63) is 96.1 Å². The number of pyridine rings is 1. The molecular formula is C39H41F3N10O8. The fraction of sp³-hybridized carbons (Fsp3) is 0.359. The lowest BCUT2D eigenvalue weighted by Gasteiger charge is -2.22. The largest absolute Gasteiger partial charge is 0.508 e. The first-order valence-corrected chi connectivity index (χ1v) is 18.9. The van der Waals surface area contributed by atoms with Gasteiger partial charge in [-0.15, -0.1) is 0 Å². The summed E-state index contributed by atoms with van der Waals surface area (Å²) in [5, 5.41) is 53.6. The van der Waals surface area contributed by atoms with Crippen molar-refractivity contribution in [2.75, 3.05) is 36.5 Å². The molecule has 1 aliphatic carbocycles. The van der Waals surface area contributed by atoms with Gasteiger partial charge in [-0.3, -0.25) is 9.78 Å². The first-order valence-electron chi connectivity index (χ1n) is 18.9. The van der Waals surface area contributed by atoms with Gasteiger partial charge in [-0.25, -0.2) is 14.6 Å². The van der Waals surface area contributed by atoms with Gasteiger partial charge in [-0.05, 0) is 60.4 Å². The van der Waals surface area contributed by atoms with Gasteiger partial charge in [-0.2, -0.15) is 23.1 Å². The summed E-state index contributed by atoms with van der Waals surface area (Å²) in [7, 11) is 0. The molecule has 0 unspecified atom stereocenters. The molecule has 1 saturated carbocycles. The van der Waals surface area contributed by atoms with Crippen LogP contribution >= 0.6 is 0 Å². The number of halogens is 3. The topological polar surface area (TPSA) is 249 Å². The molecule has 3 amide bonds. The zero-order valence-electron chi connectivity index (χ0n) is 31.7. The lowest BCUT2D eigenvalue weighted by molar-refractivity contribution is -0.200. The highest BCUT2D eigenvalue weighted by Gasteiger charge is 2.45. The smallest absolute Gasteiger partial charge is 0.490 e. The molecule has 2 aromatic carbocycles. The van der Waals surface area contributed by atoms with Crippen molar-refractivity contribution in [2.45, 2.75) is 61.8 Å². The number of phenols is 2. The molecule has 2 fully saturated rings. The predicted octanol–water partition coefficient (Wildman–Crippen LogP) is 2.21. The predicted molar refractivity (Wildman–Crippen MR) is 207 cm³/mol. The van der Waals surface area contributed by atoms with Gasteiger partial charge in [0.25, 0.3) is 5.91 Å². The van der Waals surface area contributed by atoms with Crippen LogP contribution in [0.2, 0.25) is 0 Å². The SMILES string of the molecule is O=C(COC(=O)C(F)(F)F)N[C@H]1C[C@@H](n2cnc3c(NCC(c4ccc(O)cc4)c4ccc(O)cc4)nc(N4CC[C@@H](NC(=O)NCc5ccccn5)C4)nc32)[C@H](O)[C@@H]1O. The van der Waals surface area contributed by atoms with Gasteiger partial charge in [0.15, 0.2) is 23.6 Å². The molecule has 21 heteroatoms. The number of ether oxygens (including phenoxy) is 1. The van der Waals surface area contributed by atoms with E-state index >= 15 is 0 Å². The number of nitrogens with one attached hydrogen (secondary N) is 4. The first kappa shape index (κ1) is 41.4. The molecule has 5 atom stereocenters. The van der Waals surface area contributed by atoms with E-state index in [1.807, 2.05) is 11.0 Å². The standard InChI is InChI=1S/C39H41F3N10O8/c40-39(41,42)36(58)60-19-30(55)48-28-15-29(33(57)32(28)56)52-20-46-31-34(44-17-27(21-4-8-25(53)9-5-21)22-6-10-26(54)11-7-22)49-37(50-35(31)52)51-14-12-24(18-51)47-38(59)45-16-23-3-1-2-13-43-23/h1-11,13,20,24,27-29,32-33,53-54,56-57H,12,14-19H2,(H,48,55)(H,44,49,50)(H2,45,47,59)/t24-,28+,29-,32-,33+/m1/s1. The fourth-order valence-electron chi connectivity index (χ4n) is 7.31. The summed E-state index contributed by atoms with van der Waals surface area (Å²) in [5.74, 6) is -3.27. The van der Waals surface area contributed by atoms with E-state index in [1.165, 1.54) is 10.9 Å². The monoisotopic (exact) mass is 834 g/mol. The number of anilines is 2. The number of amides is 3. The summed E-state index contributed by atoms with van der Waals surface area (Å²) in [6.45, 7) is -0.000646. The lowest BCUT2D eigenvalue weighted by atomic mass is 9.91. The van der Waals surface area contributed by atoms with Crippen LogP contribution in [0.5, 0.6) is 11.5 Å². The molecule has 1 saturated heterocycles. The lowest BCUT2D eigenvalue weighted by Crippen LogP contribution is -2.45. The van der Waals surface area contributed by atoms with Gasteiger partial charge in [0, 0.05) is 37.8 Å². The van der Waals surface area contributed by atoms with Crippen LogP contribution in [0.25, 0.3) is 11.2 Å². The molecule has 18 nitrogen and oxygen atoms in total. The van der Waals surface area contributed by atoms with Crippen LogP contribution in [-0.4, -0.2) is 120 Å². The van der Waals surface area contributed by atoms with Gasteiger partial charge in [0.05, 0.1) is 30.6 Å². The number of hydrogen-bond acceptors (Lipinski definition) is 14. The van der Waals surface area contributed by atoms with E-state index in [0.717, 1.165) is 11.1 Å². The normalized spacial score (nSPS) is 20.3. The van der Waals surface area contributed by atoms with Gasteiger partial charge in [-0.1, -0.05) is 30.3 Å². The summed E-state index contributed by atoms with van der Waals surface area (Å²) in [4.78, 5) is 56.7. The maximum atomic E-state index is 12.8. The number of urea groups is 1. The van der Waals surface area contributed by atoms with E-state index in [9.17, 15) is 48.0 Å². The zero-order chi connectivity index (χ0) is 42.6. The van der Waals surface area contributed by atoms with E-state index < -0.39 is 49.0 Å². The molecule has 0 spiro atoms. The van der Waals surface area contributed by atoms with Crippen LogP contribution in [0, 0.1) is 0 Å². The highest BCUT2D eigenvalue weighted by atomic mass is 19.4. The van der Waals surface area contributed by atoms with Gasteiger partial charge < -0.3 is 55.9 Å². The summed E-state index contributed by atoms with van der Waals surface area (Å²) < 4.78 is 43.3. The Morgan fingerprint density at radius 1 is 0.900 bits per heavy atom. The Kier molecular flexibility index (Phi) is 12.2. The number of alkyl halides is 3. The highest BCUT2D eigenvalue weighted by Crippen LogP contribution is 2.36. The van der Waals surface area contributed by atoms with Crippen molar-refractivity contribution in [3.63, 3.8) is 0 Å². The number of carbonyl (C=O) groups excluding carboxylic acids is 3. The van der Waals surface area contributed by atoms with Crippen molar-refractivity contribution in [2.24, 2.45) is 0 Å². The average molecular weight is 835 g/mol. The zero-order valence-corrected chi connectivity index (χ0v) is 31.7. The number of aromatic hydroxyl groups is 2. The number of phenolic OH excluding ortho intramolecular Hbond substituents is 2. The van der Waals surface area contributed by atoms with Gasteiger partial charge >= 0.3 is 18.2 Å². The molecule has 0 bridgehead atoms. The highest BCUT2D eigenvalue weighted by molar-refractivity contribution is 5.85. The second-order valence-electron chi connectivity index (χ2n) is 14.4. The third kappa shape index (κ3) is 9.58. The molecule has 316 valence electrons. The number of fused-ring (bicyclic) bond motifs is 1. The van der Waals surface area contributed by atoms with Crippen molar-refractivity contribution in [1.82, 2.24) is 40.5 Å². The summed E-state index contributed by atoms with van der Waals surface area (Å²) in [6.07, 6.45) is -4.90. The third-order valence-electron chi connectivity index (χ3n) is 10.4. The van der Waals surface area contributed by atoms with Crippen LogP contribution in [0.1, 0.15) is 41.6 Å².